The molecule has 7 nitrogen and oxygen atoms in total. The third-order valence-electron chi connectivity index (χ3n) is 5.48. The summed E-state index contributed by atoms with van der Waals surface area (Å²) >= 11 is 0. The Hall–Kier alpha value is -2.78. The first-order chi connectivity index (χ1) is 15.0. The van der Waals surface area contributed by atoms with Gasteiger partial charge in [0.05, 0.1) is 6.04 Å². The van der Waals surface area contributed by atoms with E-state index in [1.807, 2.05) is 12.1 Å². The predicted molar refractivity (Wildman–Crippen MR) is 112 cm³/mol. The Bertz CT molecular complexity index is 921. The summed E-state index contributed by atoms with van der Waals surface area (Å²) in [7, 11) is -1.23. The van der Waals surface area contributed by atoms with E-state index >= 15 is 0 Å². The minimum absolute atomic E-state index is 0.293. The van der Waals surface area contributed by atoms with Crippen LogP contribution in [0.1, 0.15) is 30.1 Å². The number of halogens is 1. The summed E-state index contributed by atoms with van der Waals surface area (Å²) in [6.45, 7) is 0.293. The Morgan fingerprint density at radius 3 is 2.19 bits per heavy atom. The van der Waals surface area contributed by atoms with E-state index in [-0.39, 0.29) is 0 Å². The summed E-state index contributed by atoms with van der Waals surface area (Å²) in [5.41, 5.74) is 1.36. The average Bonchev–Trinajstić information content (AvgIpc) is 3.02. The topological polar surface area (TPSA) is 76.2 Å². The van der Waals surface area contributed by atoms with E-state index in [0.29, 0.717) is 30.5 Å². The number of fused-ring (bicyclic) bond motifs is 2. The smallest absolute Gasteiger partial charge is 0.371 e. The summed E-state index contributed by atoms with van der Waals surface area (Å²) in [5, 5.41) is 0.460. The van der Waals surface area contributed by atoms with Gasteiger partial charge >= 0.3 is 18.4 Å². The van der Waals surface area contributed by atoms with Crippen molar-refractivity contribution in [3.63, 3.8) is 0 Å². The Morgan fingerprint density at radius 1 is 1.06 bits per heavy atom. The molecule has 2 aliphatic heterocycles. The molecule has 2 heterocycles. The number of urea groups is 1. The molecule has 2 bridgehead atoms. The summed E-state index contributed by atoms with van der Waals surface area (Å²) < 4.78 is 32.1. The molecule has 4 rings (SSSR count). The quantitative estimate of drug-likeness (QED) is 0.611. The number of rotatable bonds is 7. The molecule has 9 heteroatoms. The molecule has 2 saturated heterocycles. The van der Waals surface area contributed by atoms with Crippen molar-refractivity contribution in [2.45, 2.75) is 36.7 Å². The fourth-order valence-electron chi connectivity index (χ4n) is 3.98. The number of carbonyl (C=O) groups excluding carboxylic acids is 2. The molecule has 2 aromatic rings. The zero-order valence-electron chi connectivity index (χ0n) is 16.9. The average molecular weight is 447 g/mol. The van der Waals surface area contributed by atoms with E-state index < -0.39 is 46.7 Å². The molecule has 4 atom stereocenters. The number of ether oxygens (including phenoxy) is 1. The van der Waals surface area contributed by atoms with Crippen molar-refractivity contribution in [3.05, 3.63) is 71.8 Å². The number of esters is 1. The van der Waals surface area contributed by atoms with Crippen molar-refractivity contribution in [2.24, 2.45) is 0 Å². The van der Waals surface area contributed by atoms with Crippen LogP contribution < -0.4 is 0 Å². The van der Waals surface area contributed by atoms with Crippen LogP contribution in [-0.2, 0) is 25.2 Å². The summed E-state index contributed by atoms with van der Waals surface area (Å²) in [5.74, 6) is -1.22. The fraction of sp³-hybridized carbons (Fsp3) is 0.364. The van der Waals surface area contributed by atoms with Gasteiger partial charge in [0.25, 0.3) is 0 Å². The van der Waals surface area contributed by atoms with Gasteiger partial charge in [-0.25, -0.2) is 18.8 Å². The highest BCUT2D eigenvalue weighted by Gasteiger charge is 2.48. The van der Waals surface area contributed by atoms with Crippen LogP contribution in [0.2, 0.25) is 0 Å². The first-order valence-electron chi connectivity index (χ1n) is 9.99. The fourth-order valence-corrected chi connectivity index (χ4v) is 4.98. The monoisotopic (exact) mass is 446 g/mol. The van der Waals surface area contributed by atoms with Gasteiger partial charge in [-0.2, -0.15) is 5.06 Å². The van der Waals surface area contributed by atoms with Crippen molar-refractivity contribution in [1.29, 1.82) is 0 Å². The number of alkyl halides is 1. The van der Waals surface area contributed by atoms with Crippen LogP contribution in [0.25, 0.3) is 0 Å². The van der Waals surface area contributed by atoms with Crippen molar-refractivity contribution < 1.29 is 27.8 Å². The van der Waals surface area contributed by atoms with E-state index in [1.165, 1.54) is 11.2 Å². The molecule has 0 spiro atoms. The van der Waals surface area contributed by atoms with Crippen molar-refractivity contribution in [2.75, 3.05) is 12.8 Å². The number of benzene rings is 2. The second-order valence-corrected chi connectivity index (χ2v) is 9.05. The second kappa shape index (κ2) is 9.15. The van der Waals surface area contributed by atoms with Crippen molar-refractivity contribution >= 4 is 22.8 Å². The van der Waals surface area contributed by atoms with Crippen LogP contribution >= 0.6 is 0 Å². The molecular weight excluding hydrogens is 423 g/mol. The molecule has 2 amide bonds. The zero-order valence-corrected chi connectivity index (χ0v) is 17.7. The molecule has 0 aliphatic carbocycles. The van der Waals surface area contributed by atoms with Gasteiger partial charge in [-0.1, -0.05) is 60.7 Å². The second-order valence-electron chi connectivity index (χ2n) is 7.50. The first-order valence-corrected chi connectivity index (χ1v) is 11.6. The Kier molecular flexibility index (Phi) is 6.33. The lowest BCUT2D eigenvalue weighted by Crippen LogP contribution is -2.42. The highest BCUT2D eigenvalue weighted by Crippen LogP contribution is 2.32. The number of carbonyl (C=O) groups is 2. The highest BCUT2D eigenvalue weighted by molar-refractivity contribution is 7.84. The molecule has 0 radical (unpaired) electrons. The lowest BCUT2D eigenvalue weighted by atomic mass is 10.0. The Morgan fingerprint density at radius 2 is 1.65 bits per heavy atom. The molecule has 0 N–H and O–H groups in total. The van der Waals surface area contributed by atoms with Crippen molar-refractivity contribution in [1.82, 2.24) is 9.96 Å². The Labute approximate surface area is 182 Å². The van der Waals surface area contributed by atoms with Crippen LogP contribution in [0.5, 0.6) is 0 Å². The van der Waals surface area contributed by atoms with Crippen LogP contribution in [0, 0.1) is 0 Å². The van der Waals surface area contributed by atoms with Crippen LogP contribution in [-0.4, -0.2) is 56.7 Å². The third-order valence-corrected chi connectivity index (χ3v) is 6.74. The summed E-state index contributed by atoms with van der Waals surface area (Å²) in [6, 6.07) is 17.0. The van der Waals surface area contributed by atoms with Crippen LogP contribution in [0.4, 0.5) is 9.18 Å². The van der Waals surface area contributed by atoms with Gasteiger partial charge in [0, 0.05) is 23.6 Å². The minimum Gasteiger partial charge on any atom is -0.449 e. The maximum Gasteiger partial charge on any atom is 0.371 e. The molecule has 2 aliphatic rings. The van der Waals surface area contributed by atoms with Gasteiger partial charge in [-0.3, -0.25) is 4.21 Å². The highest BCUT2D eigenvalue weighted by atomic mass is 32.2. The van der Waals surface area contributed by atoms with E-state index in [9.17, 15) is 18.2 Å². The Balaban J connectivity index is 1.46. The minimum atomic E-state index is -2.47. The molecule has 31 heavy (non-hydrogen) atoms. The summed E-state index contributed by atoms with van der Waals surface area (Å²) in [4.78, 5) is 31.7. The number of nitrogens with zero attached hydrogens (tertiary/aromatic N) is 2. The van der Waals surface area contributed by atoms with Gasteiger partial charge in [-0.15, -0.1) is 0 Å². The molecule has 1 unspecified atom stereocenters. The molecule has 0 aromatic heterocycles. The molecular formula is C22H23FN2O5S. The third kappa shape index (κ3) is 4.47. The van der Waals surface area contributed by atoms with E-state index in [0.717, 1.165) is 5.06 Å². The number of hydrogen-bond acceptors (Lipinski definition) is 5. The molecule has 0 saturated carbocycles. The predicted octanol–water partition coefficient (Wildman–Crippen LogP) is 3.15. The summed E-state index contributed by atoms with van der Waals surface area (Å²) in [6.07, 6.45) is -0.703. The van der Waals surface area contributed by atoms with E-state index in [2.05, 4.69) is 0 Å². The lowest BCUT2D eigenvalue weighted by Gasteiger charge is -2.28. The standard InChI is InChI=1S/C22H23FN2O5S/c1-31(28)18-13-12-17-14-24(18)22(27)25(17)30-20(23)21(26)29-19(15-8-4-2-5-9-15)16-10-6-3-7-11-16/h2-11,17-20H,12-14H2,1H3/t17-,18?,20+,31-/m1/s1. The van der Waals surface area contributed by atoms with Crippen molar-refractivity contribution in [3.8, 4) is 0 Å². The van der Waals surface area contributed by atoms with Crippen LogP contribution in [0.3, 0.4) is 0 Å². The van der Waals surface area contributed by atoms with Gasteiger partial charge in [0.2, 0.25) is 0 Å². The SMILES string of the molecule is C[S@@](=O)C1CC[C@@H]2CN1C(=O)N2O[C@H](F)C(=O)OC(c1ccccc1)c1ccccc1. The van der Waals surface area contributed by atoms with Gasteiger partial charge in [-0.05, 0) is 24.0 Å². The maximum absolute atomic E-state index is 14.8. The van der Waals surface area contributed by atoms with E-state index in [1.54, 1.807) is 48.5 Å². The maximum atomic E-state index is 14.8. The molecule has 164 valence electrons. The lowest BCUT2D eigenvalue weighted by molar-refractivity contribution is -0.229. The molecule has 2 aromatic carbocycles. The van der Waals surface area contributed by atoms with Gasteiger partial charge in [0.1, 0.15) is 5.37 Å². The number of amides is 2. The van der Waals surface area contributed by atoms with E-state index in [4.69, 9.17) is 9.57 Å². The van der Waals surface area contributed by atoms with Crippen LogP contribution in [0.15, 0.2) is 60.7 Å². The number of piperidine rings is 1. The largest absolute Gasteiger partial charge is 0.449 e. The first kappa shape index (κ1) is 21.5. The molecule has 2 fully saturated rings. The normalized spacial score (nSPS) is 22.5. The zero-order chi connectivity index (χ0) is 22.0. The number of hydroxylamine groups is 2. The van der Waals surface area contributed by atoms with Gasteiger partial charge in [0.15, 0.2) is 6.10 Å². The van der Waals surface area contributed by atoms with Gasteiger partial charge < -0.3 is 9.64 Å². The number of hydrogen-bond donors (Lipinski definition) is 0.